The van der Waals surface area contributed by atoms with Crippen LogP contribution in [-0.4, -0.2) is 37.2 Å². The zero-order chi connectivity index (χ0) is 10.9. The highest BCUT2D eigenvalue weighted by Crippen LogP contribution is 2.13. The lowest BCUT2D eigenvalue weighted by atomic mass is 10.2. The van der Waals surface area contributed by atoms with Crippen LogP contribution in [0, 0.1) is 0 Å². The Morgan fingerprint density at radius 1 is 1.53 bits per heavy atom. The van der Waals surface area contributed by atoms with Crippen molar-refractivity contribution in [1.29, 1.82) is 0 Å². The maximum absolute atomic E-state index is 11.2. The van der Waals surface area contributed by atoms with Crippen LogP contribution in [0.15, 0.2) is 22.8 Å². The maximum atomic E-state index is 11.2. The van der Waals surface area contributed by atoms with Crippen LogP contribution >= 0.6 is 0 Å². The molecule has 1 aliphatic rings. The second kappa shape index (κ2) is 3.96. The topological polar surface area (TPSA) is 79.5 Å². The number of nitrogens with one attached hydrogen (secondary N) is 1. The number of aliphatic hydroxyl groups excluding tert-OH is 1. The van der Waals surface area contributed by atoms with E-state index in [1.165, 1.54) is 0 Å². The van der Waals surface area contributed by atoms with Crippen LogP contribution in [0.4, 0.5) is 0 Å². The van der Waals surface area contributed by atoms with E-state index >= 15 is 0 Å². The Hall–Kier alpha value is -0.850. The molecule has 15 heavy (non-hydrogen) atoms. The van der Waals surface area contributed by atoms with Crippen molar-refractivity contribution in [3.8, 4) is 0 Å². The molecule has 0 aromatic carbocycles. The lowest BCUT2D eigenvalue weighted by molar-refractivity contribution is 0.164. The highest BCUT2D eigenvalue weighted by atomic mass is 32.2. The third-order valence-electron chi connectivity index (χ3n) is 2.44. The molecule has 1 saturated heterocycles. The molecule has 2 N–H and O–H groups in total. The van der Waals surface area contributed by atoms with Gasteiger partial charge in [0.25, 0.3) is 0 Å². The van der Waals surface area contributed by atoms with Gasteiger partial charge in [-0.15, -0.1) is 0 Å². The molecule has 2 rings (SSSR count). The summed E-state index contributed by atoms with van der Waals surface area (Å²) < 4.78 is 27.5. The zero-order valence-electron chi connectivity index (χ0n) is 8.09. The molecule has 0 spiro atoms. The highest BCUT2D eigenvalue weighted by Gasteiger charge is 2.35. The lowest BCUT2D eigenvalue weighted by Gasteiger charge is -2.13. The van der Waals surface area contributed by atoms with Crippen LogP contribution in [0.5, 0.6) is 0 Å². The first kappa shape index (κ1) is 10.7. The monoisotopic (exact) mass is 231 g/mol. The summed E-state index contributed by atoms with van der Waals surface area (Å²) in [6.07, 6.45) is 0.740. The van der Waals surface area contributed by atoms with Crippen LogP contribution in [0.2, 0.25) is 0 Å². The van der Waals surface area contributed by atoms with Crippen molar-refractivity contribution >= 4 is 9.84 Å². The van der Waals surface area contributed by atoms with Crippen molar-refractivity contribution in [2.24, 2.45) is 0 Å². The SMILES string of the molecule is O=S1(=O)C[C@H](NCc2ccco2)[C@@H](O)C1. The van der Waals surface area contributed by atoms with Gasteiger partial charge in [-0.1, -0.05) is 0 Å². The molecule has 0 radical (unpaired) electrons. The fraction of sp³-hybridized carbons (Fsp3) is 0.556. The minimum absolute atomic E-state index is 0.00508. The average molecular weight is 231 g/mol. The number of furan rings is 1. The van der Waals surface area contributed by atoms with Gasteiger partial charge in [0, 0.05) is 6.04 Å². The summed E-state index contributed by atoms with van der Waals surface area (Å²) in [7, 11) is -3.08. The smallest absolute Gasteiger partial charge is 0.154 e. The van der Waals surface area contributed by atoms with Gasteiger partial charge in [0.05, 0.1) is 30.4 Å². The van der Waals surface area contributed by atoms with Gasteiger partial charge in [-0.05, 0) is 12.1 Å². The predicted molar refractivity (Wildman–Crippen MR) is 54.0 cm³/mol. The lowest BCUT2D eigenvalue weighted by Crippen LogP contribution is -2.38. The van der Waals surface area contributed by atoms with Gasteiger partial charge < -0.3 is 14.8 Å². The molecule has 0 unspecified atom stereocenters. The molecule has 1 fully saturated rings. The molecule has 1 aromatic heterocycles. The first-order valence-corrected chi connectivity index (χ1v) is 6.53. The van der Waals surface area contributed by atoms with Crippen molar-refractivity contribution in [2.45, 2.75) is 18.7 Å². The second-order valence-electron chi connectivity index (χ2n) is 3.71. The van der Waals surface area contributed by atoms with Crippen LogP contribution in [0.1, 0.15) is 5.76 Å². The number of hydrogen-bond acceptors (Lipinski definition) is 5. The maximum Gasteiger partial charge on any atom is 0.154 e. The minimum Gasteiger partial charge on any atom is -0.468 e. The molecule has 1 aliphatic heterocycles. The van der Waals surface area contributed by atoms with E-state index in [1.807, 2.05) is 0 Å². The van der Waals surface area contributed by atoms with Crippen molar-refractivity contribution < 1.29 is 17.9 Å². The molecule has 0 saturated carbocycles. The van der Waals surface area contributed by atoms with E-state index in [-0.39, 0.29) is 17.5 Å². The molecular formula is C9H13NO4S. The van der Waals surface area contributed by atoms with Gasteiger partial charge >= 0.3 is 0 Å². The van der Waals surface area contributed by atoms with E-state index in [0.717, 1.165) is 5.76 Å². The Bertz CT molecular complexity index is 411. The van der Waals surface area contributed by atoms with Crippen molar-refractivity contribution in [2.75, 3.05) is 11.5 Å². The van der Waals surface area contributed by atoms with Gasteiger partial charge in [-0.2, -0.15) is 0 Å². The number of rotatable bonds is 3. The van der Waals surface area contributed by atoms with Gasteiger partial charge in [0.15, 0.2) is 9.84 Å². The average Bonchev–Trinajstić information content (AvgIpc) is 2.70. The van der Waals surface area contributed by atoms with Crippen molar-refractivity contribution in [3.05, 3.63) is 24.2 Å². The van der Waals surface area contributed by atoms with E-state index in [9.17, 15) is 13.5 Å². The van der Waals surface area contributed by atoms with Crippen LogP contribution in [0.3, 0.4) is 0 Å². The molecule has 0 amide bonds. The summed E-state index contributed by atoms with van der Waals surface area (Å²) in [4.78, 5) is 0. The molecule has 6 heteroatoms. The Morgan fingerprint density at radius 3 is 2.87 bits per heavy atom. The number of aliphatic hydroxyl groups is 1. The molecule has 2 heterocycles. The predicted octanol–water partition coefficient (Wildman–Crippen LogP) is -0.473. The highest BCUT2D eigenvalue weighted by molar-refractivity contribution is 7.91. The van der Waals surface area contributed by atoms with Gasteiger partial charge in [0.1, 0.15) is 5.76 Å². The van der Waals surface area contributed by atoms with Crippen LogP contribution in [-0.2, 0) is 16.4 Å². The van der Waals surface area contributed by atoms with E-state index in [0.29, 0.717) is 6.54 Å². The summed E-state index contributed by atoms with van der Waals surface area (Å²) >= 11 is 0. The van der Waals surface area contributed by atoms with Crippen molar-refractivity contribution in [1.82, 2.24) is 5.32 Å². The first-order valence-electron chi connectivity index (χ1n) is 4.71. The largest absolute Gasteiger partial charge is 0.468 e. The number of sulfone groups is 1. The summed E-state index contributed by atoms with van der Waals surface area (Å²) in [5.74, 6) is 0.573. The third kappa shape index (κ3) is 2.58. The van der Waals surface area contributed by atoms with E-state index in [1.54, 1.807) is 18.4 Å². The molecule has 0 aliphatic carbocycles. The third-order valence-corrected chi connectivity index (χ3v) is 4.16. The summed E-state index contributed by atoms with van der Waals surface area (Å²) in [5, 5.41) is 12.4. The molecule has 0 bridgehead atoms. The minimum atomic E-state index is -3.08. The Balaban J connectivity index is 1.91. The Labute approximate surface area is 88.0 Å². The molecular weight excluding hydrogens is 218 g/mol. The number of hydrogen-bond donors (Lipinski definition) is 2. The zero-order valence-corrected chi connectivity index (χ0v) is 8.90. The normalized spacial score (nSPS) is 29.4. The standard InChI is InChI=1S/C9H13NO4S/c11-9-6-15(12,13)5-8(9)10-4-7-2-1-3-14-7/h1-3,8-11H,4-6H2/t8-,9-/m0/s1. The van der Waals surface area contributed by atoms with E-state index in [4.69, 9.17) is 4.42 Å². The Morgan fingerprint density at radius 2 is 2.33 bits per heavy atom. The quantitative estimate of drug-likeness (QED) is 0.735. The van der Waals surface area contributed by atoms with Gasteiger partial charge in [0.2, 0.25) is 0 Å². The second-order valence-corrected chi connectivity index (χ2v) is 5.86. The van der Waals surface area contributed by atoms with Crippen molar-refractivity contribution in [3.63, 3.8) is 0 Å². The first-order chi connectivity index (χ1) is 7.07. The molecule has 2 atom stereocenters. The van der Waals surface area contributed by atoms with E-state index in [2.05, 4.69) is 5.32 Å². The van der Waals surface area contributed by atoms with Gasteiger partial charge in [-0.3, -0.25) is 0 Å². The molecule has 5 nitrogen and oxygen atoms in total. The molecule has 1 aromatic rings. The molecule has 84 valence electrons. The summed E-state index contributed by atoms with van der Waals surface area (Å²) in [6, 6.07) is 3.17. The summed E-state index contributed by atoms with van der Waals surface area (Å²) in [5.41, 5.74) is 0. The fourth-order valence-electron chi connectivity index (χ4n) is 1.67. The summed E-state index contributed by atoms with van der Waals surface area (Å²) in [6.45, 7) is 0.435. The van der Waals surface area contributed by atoms with Crippen LogP contribution < -0.4 is 5.32 Å². The Kier molecular flexibility index (Phi) is 2.81. The van der Waals surface area contributed by atoms with E-state index < -0.39 is 15.9 Å². The van der Waals surface area contributed by atoms with Gasteiger partial charge in [-0.25, -0.2) is 8.42 Å². The van der Waals surface area contributed by atoms with Crippen LogP contribution in [0.25, 0.3) is 0 Å². The fourth-order valence-corrected chi connectivity index (χ4v) is 3.44.